The summed E-state index contributed by atoms with van der Waals surface area (Å²) in [4.78, 5) is 24.9. The van der Waals surface area contributed by atoms with E-state index in [1.54, 1.807) is 6.92 Å². The molecule has 1 atom stereocenters. The number of ether oxygens (including phenoxy) is 1. The van der Waals surface area contributed by atoms with Crippen molar-refractivity contribution in [3.63, 3.8) is 0 Å². The van der Waals surface area contributed by atoms with E-state index in [-0.39, 0.29) is 17.9 Å². The molecule has 0 aliphatic heterocycles. The normalized spacial score (nSPS) is 13.9. The van der Waals surface area contributed by atoms with Gasteiger partial charge in [-0.1, -0.05) is 0 Å². The van der Waals surface area contributed by atoms with Gasteiger partial charge in [0.15, 0.2) is 5.60 Å². The minimum atomic E-state index is -1.87. The number of nitro benzene ring substituents is 1. The molecule has 7 nitrogen and oxygen atoms in total. The Morgan fingerprint density at radius 3 is 2.85 bits per heavy atom. The number of hydrogen-bond donors (Lipinski definition) is 2. The van der Waals surface area contributed by atoms with Crippen molar-refractivity contribution in [2.45, 2.75) is 19.4 Å². The van der Waals surface area contributed by atoms with Crippen molar-refractivity contribution in [2.75, 3.05) is 6.61 Å². The minimum absolute atomic E-state index is 0.113. The smallest absolute Gasteiger partial charge is 0.342 e. The Labute approximate surface area is 114 Å². The minimum Gasteiger partial charge on any atom is -0.464 e. The van der Waals surface area contributed by atoms with Crippen molar-refractivity contribution in [3.8, 4) is 0 Å². The van der Waals surface area contributed by atoms with Crippen LogP contribution in [0.1, 0.15) is 19.4 Å². The molecule has 0 amide bonds. The molecule has 106 valence electrons. The summed E-state index contributed by atoms with van der Waals surface area (Å²) in [5.41, 5.74) is -1.15. The quantitative estimate of drug-likeness (QED) is 0.504. The number of carbonyl (C=O) groups is 1. The van der Waals surface area contributed by atoms with Crippen LogP contribution in [0, 0.1) is 10.1 Å². The van der Waals surface area contributed by atoms with Crippen molar-refractivity contribution < 1.29 is 19.6 Å². The Hall–Kier alpha value is -2.41. The molecule has 0 fully saturated rings. The summed E-state index contributed by atoms with van der Waals surface area (Å²) in [6.45, 7) is 3.07. The lowest BCUT2D eigenvalue weighted by Crippen LogP contribution is -2.33. The number of nitrogens with zero attached hydrogens (tertiary/aromatic N) is 1. The Morgan fingerprint density at radius 2 is 2.25 bits per heavy atom. The van der Waals surface area contributed by atoms with E-state index in [1.807, 2.05) is 0 Å². The Balaban J connectivity index is 2.56. The lowest BCUT2D eigenvalue weighted by atomic mass is 9.95. The van der Waals surface area contributed by atoms with Crippen LogP contribution < -0.4 is 0 Å². The number of nitrogens with one attached hydrogen (secondary N) is 1. The predicted molar refractivity (Wildman–Crippen MR) is 71.2 cm³/mol. The fourth-order valence-electron chi connectivity index (χ4n) is 2.01. The van der Waals surface area contributed by atoms with E-state index in [0.717, 1.165) is 0 Å². The molecule has 0 saturated carbocycles. The number of esters is 1. The summed E-state index contributed by atoms with van der Waals surface area (Å²) in [5, 5.41) is 21.6. The summed E-state index contributed by atoms with van der Waals surface area (Å²) < 4.78 is 4.82. The van der Waals surface area contributed by atoms with Crippen LogP contribution in [-0.2, 0) is 15.1 Å². The lowest BCUT2D eigenvalue weighted by molar-refractivity contribution is -0.384. The van der Waals surface area contributed by atoms with Gasteiger partial charge in [0, 0.05) is 34.8 Å². The molecule has 0 unspecified atom stereocenters. The maximum atomic E-state index is 11.8. The van der Waals surface area contributed by atoms with Crippen molar-refractivity contribution >= 4 is 22.6 Å². The first kappa shape index (κ1) is 14.0. The van der Waals surface area contributed by atoms with Gasteiger partial charge in [-0.05, 0) is 19.9 Å². The zero-order chi connectivity index (χ0) is 14.9. The topological polar surface area (TPSA) is 105 Å². The number of hydrogen-bond acceptors (Lipinski definition) is 5. The Morgan fingerprint density at radius 1 is 1.55 bits per heavy atom. The number of benzene rings is 1. The number of H-pyrrole nitrogens is 1. The highest BCUT2D eigenvalue weighted by atomic mass is 16.6. The summed E-state index contributed by atoms with van der Waals surface area (Å²) in [6.07, 6.45) is 1.45. The molecular weight excluding hydrogens is 264 g/mol. The van der Waals surface area contributed by atoms with E-state index in [0.29, 0.717) is 10.9 Å². The van der Waals surface area contributed by atoms with Gasteiger partial charge in [0.25, 0.3) is 5.69 Å². The Kier molecular flexibility index (Phi) is 3.46. The van der Waals surface area contributed by atoms with E-state index in [1.165, 1.54) is 31.3 Å². The zero-order valence-corrected chi connectivity index (χ0v) is 11.0. The number of fused-ring (bicyclic) bond motifs is 1. The molecule has 0 bridgehead atoms. The van der Waals surface area contributed by atoms with Gasteiger partial charge in [-0.25, -0.2) is 4.79 Å². The second-order valence-corrected chi connectivity index (χ2v) is 4.48. The predicted octanol–water partition coefficient (Wildman–Crippen LogP) is 1.85. The SMILES string of the molecule is CCOC(=O)[C@](C)(O)c1c[nH]c2ccc([N+](=O)[O-])cc12. The largest absolute Gasteiger partial charge is 0.464 e. The number of nitro groups is 1. The molecule has 1 aromatic heterocycles. The molecule has 2 rings (SSSR count). The maximum Gasteiger partial charge on any atom is 0.342 e. The van der Waals surface area contributed by atoms with Gasteiger partial charge in [0.05, 0.1) is 11.5 Å². The molecule has 1 aromatic carbocycles. The monoisotopic (exact) mass is 278 g/mol. The fourth-order valence-corrected chi connectivity index (χ4v) is 2.01. The maximum absolute atomic E-state index is 11.8. The summed E-state index contributed by atoms with van der Waals surface area (Å²) in [6, 6.07) is 4.19. The van der Waals surface area contributed by atoms with Gasteiger partial charge in [0.2, 0.25) is 0 Å². The first-order valence-corrected chi connectivity index (χ1v) is 6.03. The van der Waals surface area contributed by atoms with Gasteiger partial charge in [-0.15, -0.1) is 0 Å². The standard InChI is InChI=1S/C13H14N2O5/c1-3-20-12(16)13(2,17)10-7-14-11-5-4-8(15(18)19)6-9(10)11/h4-7,14,17H,3H2,1-2H3/t13-/m1/s1. The van der Waals surface area contributed by atoms with Crippen LogP contribution in [0.25, 0.3) is 10.9 Å². The number of carbonyl (C=O) groups excluding carboxylic acids is 1. The van der Waals surface area contributed by atoms with E-state index in [2.05, 4.69) is 4.98 Å². The first-order chi connectivity index (χ1) is 9.37. The second kappa shape index (κ2) is 4.93. The van der Waals surface area contributed by atoms with E-state index < -0.39 is 16.5 Å². The molecule has 2 N–H and O–H groups in total. The highest BCUT2D eigenvalue weighted by Crippen LogP contribution is 2.31. The second-order valence-electron chi connectivity index (χ2n) is 4.48. The fraction of sp³-hybridized carbons (Fsp3) is 0.308. The molecule has 7 heteroatoms. The van der Waals surface area contributed by atoms with Crippen LogP contribution in [0.2, 0.25) is 0 Å². The molecule has 2 aromatic rings. The van der Waals surface area contributed by atoms with Crippen LogP contribution in [0.15, 0.2) is 24.4 Å². The third-order valence-electron chi connectivity index (χ3n) is 3.07. The van der Waals surface area contributed by atoms with Gasteiger partial charge >= 0.3 is 5.97 Å². The van der Waals surface area contributed by atoms with Gasteiger partial charge in [-0.3, -0.25) is 10.1 Å². The number of rotatable bonds is 4. The van der Waals surface area contributed by atoms with Crippen LogP contribution in [0.3, 0.4) is 0 Å². The van der Waals surface area contributed by atoms with Gasteiger partial charge in [-0.2, -0.15) is 0 Å². The van der Waals surface area contributed by atoms with Crippen molar-refractivity contribution in [2.24, 2.45) is 0 Å². The number of aromatic nitrogens is 1. The lowest BCUT2D eigenvalue weighted by Gasteiger charge is -2.20. The molecule has 0 radical (unpaired) electrons. The first-order valence-electron chi connectivity index (χ1n) is 6.03. The van der Waals surface area contributed by atoms with Crippen LogP contribution >= 0.6 is 0 Å². The zero-order valence-electron chi connectivity index (χ0n) is 11.0. The average molecular weight is 278 g/mol. The summed E-state index contributed by atoms with van der Waals surface area (Å²) in [5.74, 6) is -0.799. The molecule has 1 heterocycles. The number of non-ortho nitro benzene ring substituents is 1. The average Bonchev–Trinajstić information content (AvgIpc) is 2.82. The molecule has 20 heavy (non-hydrogen) atoms. The van der Waals surface area contributed by atoms with Crippen LogP contribution in [0.5, 0.6) is 0 Å². The third kappa shape index (κ3) is 2.23. The Bertz CT molecular complexity index is 674. The molecule has 0 spiro atoms. The van der Waals surface area contributed by atoms with Crippen LogP contribution in [0.4, 0.5) is 5.69 Å². The number of aromatic amines is 1. The van der Waals surface area contributed by atoms with Crippen molar-refractivity contribution in [1.82, 2.24) is 4.98 Å². The molecule has 0 saturated heterocycles. The van der Waals surface area contributed by atoms with E-state index in [9.17, 15) is 20.0 Å². The summed E-state index contributed by atoms with van der Waals surface area (Å²) in [7, 11) is 0. The van der Waals surface area contributed by atoms with Crippen LogP contribution in [-0.4, -0.2) is 27.6 Å². The molecule has 0 aliphatic carbocycles. The summed E-state index contributed by atoms with van der Waals surface area (Å²) >= 11 is 0. The van der Waals surface area contributed by atoms with E-state index >= 15 is 0 Å². The highest BCUT2D eigenvalue weighted by molar-refractivity contribution is 5.92. The van der Waals surface area contributed by atoms with Crippen molar-refractivity contribution in [3.05, 3.63) is 40.1 Å². The van der Waals surface area contributed by atoms with Gasteiger partial charge in [0.1, 0.15) is 0 Å². The highest BCUT2D eigenvalue weighted by Gasteiger charge is 2.36. The van der Waals surface area contributed by atoms with E-state index in [4.69, 9.17) is 4.74 Å². The third-order valence-corrected chi connectivity index (χ3v) is 3.07. The van der Waals surface area contributed by atoms with Crippen molar-refractivity contribution in [1.29, 1.82) is 0 Å². The number of aliphatic hydroxyl groups is 1. The molecular formula is C13H14N2O5. The molecule has 0 aliphatic rings. The van der Waals surface area contributed by atoms with Gasteiger partial charge < -0.3 is 14.8 Å².